The summed E-state index contributed by atoms with van der Waals surface area (Å²) < 4.78 is 46.5. The van der Waals surface area contributed by atoms with E-state index >= 15 is 0 Å². The SMILES string of the molecule is CCc1ccc(OCCNS(=O)(=O)c2cc(C(=O)[O-])ccc2F)c(C(C)(C)C)c1. The number of ether oxygens (including phenoxy) is 1. The molecule has 0 atom stereocenters. The summed E-state index contributed by atoms with van der Waals surface area (Å²) in [5, 5.41) is 10.9. The topological polar surface area (TPSA) is 95.5 Å². The molecule has 0 heterocycles. The van der Waals surface area contributed by atoms with E-state index in [-0.39, 0.29) is 18.6 Å². The summed E-state index contributed by atoms with van der Waals surface area (Å²) in [4.78, 5) is 10.2. The third-order valence-corrected chi connectivity index (χ3v) is 5.84. The van der Waals surface area contributed by atoms with Crippen LogP contribution in [0.1, 0.15) is 49.2 Å². The Morgan fingerprint density at radius 1 is 1.17 bits per heavy atom. The predicted molar refractivity (Wildman–Crippen MR) is 106 cm³/mol. The van der Waals surface area contributed by atoms with Gasteiger partial charge in [0, 0.05) is 6.54 Å². The molecule has 2 aromatic carbocycles. The number of benzene rings is 2. The molecule has 158 valence electrons. The number of nitrogens with one attached hydrogen (secondary N) is 1. The summed E-state index contributed by atoms with van der Waals surface area (Å²) in [6.07, 6.45) is 0.889. The second-order valence-corrected chi connectivity index (χ2v) is 9.35. The first-order valence-corrected chi connectivity index (χ1v) is 10.7. The van der Waals surface area contributed by atoms with Crippen LogP contribution < -0.4 is 14.6 Å². The van der Waals surface area contributed by atoms with Crippen molar-refractivity contribution in [2.24, 2.45) is 0 Å². The Balaban J connectivity index is 2.09. The van der Waals surface area contributed by atoms with Gasteiger partial charge in [0.2, 0.25) is 10.0 Å². The molecule has 0 aliphatic rings. The number of carboxylic acid groups (broad SMARTS) is 1. The standard InChI is InChI=1S/C21H26FNO5S/c1-5-14-6-9-18(16(12-14)21(2,3)4)28-11-10-23-29(26,27)19-13-15(20(24)25)7-8-17(19)22/h6-9,12-13,23H,5,10-11H2,1-4H3,(H,24,25)/p-1. The lowest BCUT2D eigenvalue weighted by Crippen LogP contribution is -2.30. The summed E-state index contributed by atoms with van der Waals surface area (Å²) in [7, 11) is -4.25. The molecule has 2 rings (SSSR count). The number of carbonyl (C=O) groups is 1. The molecule has 0 aromatic heterocycles. The van der Waals surface area contributed by atoms with Gasteiger partial charge < -0.3 is 14.6 Å². The summed E-state index contributed by atoms with van der Waals surface area (Å²) in [5.41, 5.74) is 1.60. The Morgan fingerprint density at radius 2 is 1.86 bits per heavy atom. The Hall–Kier alpha value is -2.45. The maximum atomic E-state index is 13.9. The van der Waals surface area contributed by atoms with Crippen molar-refractivity contribution in [2.75, 3.05) is 13.2 Å². The van der Waals surface area contributed by atoms with E-state index in [1.54, 1.807) is 0 Å². The number of sulfonamides is 1. The van der Waals surface area contributed by atoms with Crippen LogP contribution in [0, 0.1) is 5.82 Å². The third-order valence-electron chi connectivity index (χ3n) is 4.37. The molecule has 8 heteroatoms. The molecule has 0 aliphatic heterocycles. The van der Waals surface area contributed by atoms with Gasteiger partial charge in [-0.15, -0.1) is 0 Å². The highest BCUT2D eigenvalue weighted by Gasteiger charge is 2.21. The van der Waals surface area contributed by atoms with Gasteiger partial charge in [-0.1, -0.05) is 45.9 Å². The molecule has 6 nitrogen and oxygen atoms in total. The van der Waals surface area contributed by atoms with Crippen LogP contribution in [0.4, 0.5) is 4.39 Å². The van der Waals surface area contributed by atoms with Gasteiger partial charge in [-0.2, -0.15) is 0 Å². The van der Waals surface area contributed by atoms with E-state index in [9.17, 15) is 22.7 Å². The fraction of sp³-hybridized carbons (Fsp3) is 0.381. The minimum Gasteiger partial charge on any atom is -0.545 e. The van der Waals surface area contributed by atoms with Crippen molar-refractivity contribution in [1.29, 1.82) is 0 Å². The van der Waals surface area contributed by atoms with Crippen molar-refractivity contribution in [3.05, 3.63) is 58.9 Å². The number of aromatic carboxylic acids is 1. The number of hydrogen-bond donors (Lipinski definition) is 1. The van der Waals surface area contributed by atoms with Crippen LogP contribution in [0.5, 0.6) is 5.75 Å². The predicted octanol–water partition coefficient (Wildman–Crippen LogP) is 2.41. The molecule has 29 heavy (non-hydrogen) atoms. The van der Waals surface area contributed by atoms with Gasteiger partial charge in [0.1, 0.15) is 23.1 Å². The third kappa shape index (κ3) is 5.77. The molecular formula is C21H25FNO5S-. The molecule has 2 aromatic rings. The summed E-state index contributed by atoms with van der Waals surface area (Å²) >= 11 is 0. The molecule has 1 N–H and O–H groups in total. The molecule has 0 aliphatic carbocycles. The monoisotopic (exact) mass is 422 g/mol. The lowest BCUT2D eigenvalue weighted by atomic mass is 9.85. The van der Waals surface area contributed by atoms with Crippen LogP contribution in [0.15, 0.2) is 41.3 Å². The van der Waals surface area contributed by atoms with Gasteiger partial charge in [0.05, 0.1) is 5.97 Å². The van der Waals surface area contributed by atoms with E-state index < -0.39 is 32.3 Å². The van der Waals surface area contributed by atoms with Crippen LogP contribution in [0.3, 0.4) is 0 Å². The first-order chi connectivity index (χ1) is 13.5. The molecule has 0 bridgehead atoms. The Morgan fingerprint density at radius 3 is 2.45 bits per heavy atom. The maximum absolute atomic E-state index is 13.9. The van der Waals surface area contributed by atoms with E-state index in [2.05, 4.69) is 38.5 Å². The lowest BCUT2D eigenvalue weighted by molar-refractivity contribution is -0.255. The summed E-state index contributed by atoms with van der Waals surface area (Å²) in [6.45, 7) is 8.15. The van der Waals surface area contributed by atoms with Crippen molar-refractivity contribution >= 4 is 16.0 Å². The molecule has 0 fully saturated rings. The zero-order valence-electron chi connectivity index (χ0n) is 16.9. The van der Waals surface area contributed by atoms with Crippen LogP contribution in [0.25, 0.3) is 0 Å². The average Bonchev–Trinajstić information content (AvgIpc) is 2.64. The second kappa shape index (κ2) is 8.92. The van der Waals surface area contributed by atoms with Crippen molar-refractivity contribution in [3.63, 3.8) is 0 Å². The van der Waals surface area contributed by atoms with Gasteiger partial charge in [-0.25, -0.2) is 17.5 Å². The van der Waals surface area contributed by atoms with E-state index in [1.807, 2.05) is 12.1 Å². The summed E-state index contributed by atoms with van der Waals surface area (Å²) in [5.74, 6) is -1.98. The highest BCUT2D eigenvalue weighted by Crippen LogP contribution is 2.32. The van der Waals surface area contributed by atoms with E-state index in [0.717, 1.165) is 30.2 Å². The van der Waals surface area contributed by atoms with Crippen LogP contribution >= 0.6 is 0 Å². The second-order valence-electron chi connectivity index (χ2n) is 7.61. The Bertz CT molecular complexity index is 997. The fourth-order valence-corrected chi connectivity index (χ4v) is 3.87. The number of rotatable bonds is 8. The average molecular weight is 422 g/mol. The Kier molecular flexibility index (Phi) is 7.02. The maximum Gasteiger partial charge on any atom is 0.243 e. The highest BCUT2D eigenvalue weighted by molar-refractivity contribution is 7.89. The highest BCUT2D eigenvalue weighted by atomic mass is 32.2. The van der Waals surface area contributed by atoms with Crippen LogP contribution in [-0.4, -0.2) is 27.5 Å². The molecule has 0 saturated carbocycles. The van der Waals surface area contributed by atoms with E-state index in [1.165, 1.54) is 5.56 Å². The number of carbonyl (C=O) groups excluding carboxylic acids is 1. The molecule has 0 amide bonds. The molecular weight excluding hydrogens is 397 g/mol. The van der Waals surface area contributed by atoms with Crippen LogP contribution in [-0.2, 0) is 21.9 Å². The number of aryl methyl sites for hydroxylation is 1. The van der Waals surface area contributed by atoms with Crippen molar-refractivity contribution < 1.29 is 27.4 Å². The quantitative estimate of drug-likeness (QED) is 0.659. The first-order valence-electron chi connectivity index (χ1n) is 9.22. The van der Waals surface area contributed by atoms with E-state index in [4.69, 9.17) is 4.74 Å². The lowest BCUT2D eigenvalue weighted by Gasteiger charge is -2.23. The zero-order valence-corrected chi connectivity index (χ0v) is 17.7. The minimum absolute atomic E-state index is 0.0234. The Labute approximate surface area is 170 Å². The van der Waals surface area contributed by atoms with Crippen LogP contribution in [0.2, 0.25) is 0 Å². The van der Waals surface area contributed by atoms with Gasteiger partial charge in [0.15, 0.2) is 0 Å². The first kappa shape index (κ1) is 22.8. The van der Waals surface area contributed by atoms with Crippen molar-refractivity contribution in [2.45, 2.75) is 44.4 Å². The van der Waals surface area contributed by atoms with Gasteiger partial charge in [0.25, 0.3) is 0 Å². The van der Waals surface area contributed by atoms with Crippen molar-refractivity contribution in [3.8, 4) is 5.75 Å². The smallest absolute Gasteiger partial charge is 0.243 e. The minimum atomic E-state index is -4.25. The number of hydrogen-bond acceptors (Lipinski definition) is 5. The number of carboxylic acids is 1. The van der Waals surface area contributed by atoms with Gasteiger partial charge in [-0.05, 0) is 46.7 Å². The largest absolute Gasteiger partial charge is 0.545 e. The molecule has 0 unspecified atom stereocenters. The zero-order chi connectivity index (χ0) is 21.8. The van der Waals surface area contributed by atoms with Gasteiger partial charge >= 0.3 is 0 Å². The molecule has 0 radical (unpaired) electrons. The summed E-state index contributed by atoms with van der Waals surface area (Å²) in [6, 6.07) is 8.34. The van der Waals surface area contributed by atoms with Gasteiger partial charge in [-0.3, -0.25) is 0 Å². The molecule has 0 spiro atoms. The fourth-order valence-electron chi connectivity index (χ4n) is 2.76. The molecule has 0 saturated heterocycles. The van der Waals surface area contributed by atoms with E-state index in [0.29, 0.717) is 5.75 Å². The normalized spacial score (nSPS) is 12.0. The van der Waals surface area contributed by atoms with Crippen molar-refractivity contribution in [1.82, 2.24) is 4.72 Å². The number of halogens is 1.